The minimum atomic E-state index is -4.73. The molecule has 0 aliphatic carbocycles. The van der Waals surface area contributed by atoms with Gasteiger partial charge in [0.1, 0.15) is 5.69 Å². The van der Waals surface area contributed by atoms with Crippen molar-refractivity contribution in [3.05, 3.63) is 33.9 Å². The SMILES string of the molecule is O=C(CCNc1ccc(C(F)(F)F)cc1[N+](=O)[O-])N1CCCN(CC(F)(F)F)CC1. The van der Waals surface area contributed by atoms with Gasteiger partial charge in [-0.1, -0.05) is 0 Å². The lowest BCUT2D eigenvalue weighted by Crippen LogP contribution is -2.38. The van der Waals surface area contributed by atoms with E-state index in [0.717, 1.165) is 6.07 Å². The van der Waals surface area contributed by atoms with E-state index in [9.17, 15) is 41.3 Å². The summed E-state index contributed by atoms with van der Waals surface area (Å²) >= 11 is 0. The smallest absolute Gasteiger partial charge is 0.379 e. The van der Waals surface area contributed by atoms with Crippen molar-refractivity contribution < 1.29 is 36.1 Å². The Bertz CT molecular complexity index is 769. The molecule has 1 aromatic carbocycles. The molecule has 0 saturated carbocycles. The average molecular weight is 442 g/mol. The van der Waals surface area contributed by atoms with Crippen LogP contribution < -0.4 is 5.32 Å². The molecule has 0 spiro atoms. The van der Waals surface area contributed by atoms with Gasteiger partial charge in [-0.05, 0) is 18.6 Å². The number of rotatable bonds is 6. The molecule has 13 heteroatoms. The molecule has 0 bridgehead atoms. The van der Waals surface area contributed by atoms with E-state index in [2.05, 4.69) is 5.32 Å². The van der Waals surface area contributed by atoms with Crippen molar-refractivity contribution in [2.24, 2.45) is 0 Å². The van der Waals surface area contributed by atoms with E-state index in [1.165, 1.54) is 9.80 Å². The molecule has 1 aliphatic rings. The maximum atomic E-state index is 12.7. The Balaban J connectivity index is 1.91. The third-order valence-electron chi connectivity index (χ3n) is 4.52. The van der Waals surface area contributed by atoms with Gasteiger partial charge in [-0.25, -0.2) is 0 Å². The number of hydrogen-bond acceptors (Lipinski definition) is 5. The van der Waals surface area contributed by atoms with E-state index >= 15 is 0 Å². The number of nitro groups is 1. The lowest BCUT2D eigenvalue weighted by molar-refractivity contribution is -0.384. The van der Waals surface area contributed by atoms with E-state index in [-0.39, 0.29) is 50.7 Å². The van der Waals surface area contributed by atoms with Crippen LogP contribution in [0.4, 0.5) is 37.7 Å². The van der Waals surface area contributed by atoms with Crippen LogP contribution in [0.1, 0.15) is 18.4 Å². The van der Waals surface area contributed by atoms with Crippen molar-refractivity contribution in [1.29, 1.82) is 0 Å². The normalized spacial score (nSPS) is 16.3. The molecule has 1 N–H and O–H groups in total. The summed E-state index contributed by atoms with van der Waals surface area (Å²) in [5, 5.41) is 13.6. The van der Waals surface area contributed by atoms with Gasteiger partial charge in [-0.3, -0.25) is 19.8 Å². The predicted molar refractivity (Wildman–Crippen MR) is 94.9 cm³/mol. The van der Waals surface area contributed by atoms with Crippen LogP contribution in [0.3, 0.4) is 0 Å². The zero-order valence-corrected chi connectivity index (χ0v) is 15.7. The number of benzene rings is 1. The van der Waals surface area contributed by atoms with Gasteiger partial charge in [-0.2, -0.15) is 26.3 Å². The van der Waals surface area contributed by atoms with Crippen molar-refractivity contribution in [2.75, 3.05) is 44.6 Å². The molecule has 1 saturated heterocycles. The summed E-state index contributed by atoms with van der Waals surface area (Å²) in [6.45, 7) is -0.437. The lowest BCUT2D eigenvalue weighted by Gasteiger charge is -2.23. The fraction of sp³-hybridized carbons (Fsp3) is 0.588. The maximum absolute atomic E-state index is 12.7. The Morgan fingerprint density at radius 3 is 2.40 bits per heavy atom. The number of amides is 1. The monoisotopic (exact) mass is 442 g/mol. The van der Waals surface area contributed by atoms with E-state index in [1.807, 2.05) is 0 Å². The second-order valence-electron chi connectivity index (χ2n) is 6.79. The Morgan fingerprint density at radius 2 is 1.80 bits per heavy atom. The topological polar surface area (TPSA) is 78.7 Å². The van der Waals surface area contributed by atoms with Crippen LogP contribution in [0.15, 0.2) is 18.2 Å². The van der Waals surface area contributed by atoms with E-state index in [1.54, 1.807) is 0 Å². The average Bonchev–Trinajstić information content (AvgIpc) is 2.84. The molecule has 0 radical (unpaired) electrons. The summed E-state index contributed by atoms with van der Waals surface area (Å²) in [5.41, 5.74) is -2.09. The number of halogens is 6. The van der Waals surface area contributed by atoms with Crippen LogP contribution in [-0.4, -0.2) is 66.1 Å². The number of carbonyl (C=O) groups excluding carboxylic acids is 1. The van der Waals surface area contributed by atoms with Gasteiger partial charge in [0, 0.05) is 45.2 Å². The summed E-state index contributed by atoms with van der Waals surface area (Å²) < 4.78 is 75.6. The predicted octanol–water partition coefficient (Wildman–Crippen LogP) is 3.51. The molecule has 2 rings (SSSR count). The number of anilines is 1. The van der Waals surface area contributed by atoms with Crippen LogP contribution in [0.25, 0.3) is 0 Å². The molecular formula is C17H20F6N4O3. The van der Waals surface area contributed by atoms with Gasteiger partial charge in [-0.15, -0.1) is 0 Å². The number of carbonyl (C=O) groups is 1. The number of hydrogen-bond donors (Lipinski definition) is 1. The molecular weight excluding hydrogens is 422 g/mol. The molecule has 0 atom stereocenters. The first-order chi connectivity index (χ1) is 13.9. The zero-order chi connectivity index (χ0) is 22.5. The van der Waals surface area contributed by atoms with Gasteiger partial charge in [0.05, 0.1) is 17.0 Å². The molecule has 7 nitrogen and oxygen atoms in total. The highest BCUT2D eigenvalue weighted by atomic mass is 19.4. The summed E-state index contributed by atoms with van der Waals surface area (Å²) in [7, 11) is 0. The van der Waals surface area contributed by atoms with Crippen LogP contribution in [-0.2, 0) is 11.0 Å². The van der Waals surface area contributed by atoms with E-state index in [0.29, 0.717) is 18.6 Å². The zero-order valence-electron chi connectivity index (χ0n) is 15.7. The van der Waals surface area contributed by atoms with Crippen molar-refractivity contribution in [1.82, 2.24) is 9.80 Å². The fourth-order valence-corrected chi connectivity index (χ4v) is 3.10. The molecule has 0 unspecified atom stereocenters. The third-order valence-corrected chi connectivity index (χ3v) is 4.52. The molecule has 1 aromatic rings. The minimum absolute atomic E-state index is 0.0725. The standard InChI is InChI=1S/C17H20F6N4O3/c18-16(19,20)11-25-6-1-7-26(9-8-25)15(28)4-5-24-13-3-2-12(17(21,22)23)10-14(13)27(29)30/h2-3,10,24H,1,4-9,11H2. The lowest BCUT2D eigenvalue weighted by atomic mass is 10.1. The number of nitrogens with one attached hydrogen (secondary N) is 1. The van der Waals surface area contributed by atoms with Crippen LogP contribution in [0, 0.1) is 10.1 Å². The Kier molecular flexibility index (Phi) is 7.50. The van der Waals surface area contributed by atoms with Crippen molar-refractivity contribution >= 4 is 17.3 Å². The van der Waals surface area contributed by atoms with Gasteiger partial charge >= 0.3 is 12.4 Å². The highest BCUT2D eigenvalue weighted by Gasteiger charge is 2.33. The number of nitrogens with zero attached hydrogens (tertiary/aromatic N) is 3. The summed E-state index contributed by atoms with van der Waals surface area (Å²) in [5.74, 6) is -0.356. The summed E-state index contributed by atoms with van der Waals surface area (Å²) in [4.78, 5) is 25.0. The maximum Gasteiger partial charge on any atom is 0.416 e. The van der Waals surface area contributed by atoms with Crippen molar-refractivity contribution in [3.63, 3.8) is 0 Å². The molecule has 1 heterocycles. The molecule has 1 amide bonds. The summed E-state index contributed by atoms with van der Waals surface area (Å²) in [6.07, 6.45) is -8.79. The van der Waals surface area contributed by atoms with Gasteiger partial charge in [0.15, 0.2) is 0 Å². The molecule has 30 heavy (non-hydrogen) atoms. The van der Waals surface area contributed by atoms with E-state index < -0.39 is 35.1 Å². The Hall–Kier alpha value is -2.57. The second-order valence-corrected chi connectivity index (χ2v) is 6.79. The van der Waals surface area contributed by atoms with Crippen molar-refractivity contribution in [3.8, 4) is 0 Å². The van der Waals surface area contributed by atoms with Gasteiger partial charge in [0.2, 0.25) is 5.91 Å². The quantitative estimate of drug-likeness (QED) is 0.415. The largest absolute Gasteiger partial charge is 0.416 e. The number of alkyl halides is 6. The minimum Gasteiger partial charge on any atom is -0.379 e. The van der Waals surface area contributed by atoms with E-state index in [4.69, 9.17) is 0 Å². The van der Waals surface area contributed by atoms with Gasteiger partial charge in [0.25, 0.3) is 5.69 Å². The Labute approximate surface area is 167 Å². The molecule has 1 aliphatic heterocycles. The van der Waals surface area contributed by atoms with Crippen LogP contribution in [0.5, 0.6) is 0 Å². The second kappa shape index (κ2) is 9.49. The summed E-state index contributed by atoms with van der Waals surface area (Å²) in [6, 6.07) is 2.03. The highest BCUT2D eigenvalue weighted by Crippen LogP contribution is 2.34. The third kappa shape index (κ3) is 7.04. The fourth-order valence-electron chi connectivity index (χ4n) is 3.10. The first-order valence-electron chi connectivity index (χ1n) is 9.03. The van der Waals surface area contributed by atoms with Crippen molar-refractivity contribution in [2.45, 2.75) is 25.2 Å². The highest BCUT2D eigenvalue weighted by molar-refractivity contribution is 5.77. The van der Waals surface area contributed by atoms with Crippen LogP contribution >= 0.6 is 0 Å². The van der Waals surface area contributed by atoms with Crippen LogP contribution in [0.2, 0.25) is 0 Å². The first-order valence-corrected chi connectivity index (χ1v) is 9.03. The Morgan fingerprint density at radius 1 is 1.10 bits per heavy atom. The molecule has 168 valence electrons. The molecule has 1 fully saturated rings. The van der Waals surface area contributed by atoms with Gasteiger partial charge < -0.3 is 10.2 Å². The first kappa shape index (κ1) is 23.7. The number of nitro benzene ring substituents is 1. The molecule has 0 aromatic heterocycles.